The summed E-state index contributed by atoms with van der Waals surface area (Å²) in [5.74, 6) is 0.0313. The van der Waals surface area contributed by atoms with E-state index in [-0.39, 0.29) is 5.91 Å². The third-order valence-electron chi connectivity index (χ3n) is 3.61. The van der Waals surface area contributed by atoms with Crippen LogP contribution in [0.2, 0.25) is 0 Å². The summed E-state index contributed by atoms with van der Waals surface area (Å²) in [5, 5.41) is 11.6. The van der Waals surface area contributed by atoms with Gasteiger partial charge in [-0.3, -0.25) is 4.79 Å². The molecule has 1 N–H and O–H groups in total. The molecule has 0 saturated carbocycles. The number of rotatable bonds is 4. The molecule has 1 unspecified atom stereocenters. The molecule has 1 saturated heterocycles. The molecule has 0 radical (unpaired) electrons. The quantitative estimate of drug-likeness (QED) is 0.901. The Hall–Kier alpha value is -1.86. The number of hydrogen-bond acceptors (Lipinski definition) is 3. The van der Waals surface area contributed by atoms with Crippen molar-refractivity contribution in [2.45, 2.75) is 32.2 Å². The highest BCUT2D eigenvalue weighted by atomic mass is 16.1. The summed E-state index contributed by atoms with van der Waals surface area (Å²) < 4.78 is 0. The Labute approximate surface area is 114 Å². The minimum atomic E-state index is 0.0313. The van der Waals surface area contributed by atoms with Crippen LogP contribution in [0.15, 0.2) is 24.3 Å². The molecule has 19 heavy (non-hydrogen) atoms. The second-order valence-corrected chi connectivity index (χ2v) is 5.01. The van der Waals surface area contributed by atoms with E-state index < -0.39 is 0 Å². The van der Waals surface area contributed by atoms with Crippen molar-refractivity contribution in [1.29, 1.82) is 5.26 Å². The lowest BCUT2D eigenvalue weighted by Crippen LogP contribution is -2.30. The predicted molar refractivity (Wildman–Crippen MR) is 74.7 cm³/mol. The van der Waals surface area contributed by atoms with E-state index in [0.29, 0.717) is 18.0 Å². The number of nitrogens with zero attached hydrogens (tertiary/aromatic N) is 2. The smallest absolute Gasteiger partial charge is 0.225 e. The van der Waals surface area contributed by atoms with Crippen molar-refractivity contribution < 1.29 is 4.79 Å². The molecule has 1 aromatic carbocycles. The van der Waals surface area contributed by atoms with Gasteiger partial charge in [-0.15, -0.1) is 0 Å². The van der Waals surface area contributed by atoms with Crippen molar-refractivity contribution in [1.82, 2.24) is 4.90 Å². The number of carbonyl (C=O) groups is 1. The molecule has 0 aromatic heterocycles. The molecular weight excluding hydrogens is 238 g/mol. The third-order valence-corrected chi connectivity index (χ3v) is 3.61. The van der Waals surface area contributed by atoms with E-state index in [0.717, 1.165) is 18.8 Å². The second-order valence-electron chi connectivity index (χ2n) is 5.01. The van der Waals surface area contributed by atoms with Crippen molar-refractivity contribution in [2.75, 3.05) is 18.4 Å². The van der Waals surface area contributed by atoms with E-state index in [1.165, 1.54) is 12.8 Å². The lowest BCUT2D eigenvalue weighted by atomic mass is 10.2. The van der Waals surface area contributed by atoms with Gasteiger partial charge in [-0.1, -0.05) is 0 Å². The summed E-state index contributed by atoms with van der Waals surface area (Å²) >= 11 is 0. The third kappa shape index (κ3) is 3.80. The van der Waals surface area contributed by atoms with Gasteiger partial charge in [0.05, 0.1) is 11.6 Å². The molecular formula is C15H19N3O. The molecule has 1 aliphatic heterocycles. The number of nitrogens with one attached hydrogen (secondary N) is 1. The van der Waals surface area contributed by atoms with Gasteiger partial charge in [0.15, 0.2) is 0 Å². The number of carbonyl (C=O) groups excluding carboxylic acids is 1. The average Bonchev–Trinajstić information content (AvgIpc) is 2.83. The lowest BCUT2D eigenvalue weighted by molar-refractivity contribution is -0.116. The zero-order chi connectivity index (χ0) is 13.7. The van der Waals surface area contributed by atoms with Crippen molar-refractivity contribution in [3.63, 3.8) is 0 Å². The Bertz CT molecular complexity index is 475. The molecule has 0 aliphatic carbocycles. The zero-order valence-electron chi connectivity index (χ0n) is 11.2. The second kappa shape index (κ2) is 6.35. The summed E-state index contributed by atoms with van der Waals surface area (Å²) in [6.07, 6.45) is 2.99. The van der Waals surface area contributed by atoms with Crippen molar-refractivity contribution >= 4 is 11.6 Å². The Morgan fingerprint density at radius 3 is 2.79 bits per heavy atom. The van der Waals surface area contributed by atoms with Gasteiger partial charge < -0.3 is 10.2 Å². The van der Waals surface area contributed by atoms with Crippen LogP contribution in [0.4, 0.5) is 5.69 Å². The molecule has 1 aliphatic rings. The van der Waals surface area contributed by atoms with E-state index in [1.54, 1.807) is 24.3 Å². The van der Waals surface area contributed by atoms with Gasteiger partial charge in [0.2, 0.25) is 5.91 Å². The molecule has 2 rings (SSSR count). The van der Waals surface area contributed by atoms with E-state index in [4.69, 9.17) is 5.26 Å². The first-order valence-corrected chi connectivity index (χ1v) is 6.73. The van der Waals surface area contributed by atoms with Crippen LogP contribution in [0.5, 0.6) is 0 Å². The van der Waals surface area contributed by atoms with Crippen LogP contribution in [-0.4, -0.2) is 29.9 Å². The van der Waals surface area contributed by atoms with Gasteiger partial charge in [-0.05, 0) is 50.6 Å². The number of nitriles is 1. The molecule has 0 spiro atoms. The predicted octanol–water partition coefficient (Wildman–Crippen LogP) is 2.37. The first-order chi connectivity index (χ1) is 9.19. The average molecular weight is 257 g/mol. The highest BCUT2D eigenvalue weighted by Gasteiger charge is 2.20. The Kier molecular flexibility index (Phi) is 4.53. The number of hydrogen-bond donors (Lipinski definition) is 1. The van der Waals surface area contributed by atoms with Gasteiger partial charge >= 0.3 is 0 Å². The lowest BCUT2D eigenvalue weighted by Gasteiger charge is -2.20. The van der Waals surface area contributed by atoms with Crippen molar-refractivity contribution in [3.05, 3.63) is 29.8 Å². The summed E-state index contributed by atoms with van der Waals surface area (Å²) in [4.78, 5) is 14.2. The first-order valence-electron chi connectivity index (χ1n) is 6.73. The van der Waals surface area contributed by atoms with Gasteiger partial charge in [0, 0.05) is 24.7 Å². The van der Waals surface area contributed by atoms with Crippen LogP contribution in [0.1, 0.15) is 31.7 Å². The van der Waals surface area contributed by atoms with Gasteiger partial charge in [0.1, 0.15) is 0 Å². The van der Waals surface area contributed by atoms with Crippen LogP contribution < -0.4 is 5.32 Å². The van der Waals surface area contributed by atoms with Gasteiger partial charge in [0.25, 0.3) is 0 Å². The SMILES string of the molecule is CC1CCCN1CCC(=O)Nc1ccc(C#N)cc1. The Morgan fingerprint density at radius 2 is 2.21 bits per heavy atom. The standard InChI is InChI=1S/C15H19N3O/c1-12-3-2-9-18(12)10-8-15(19)17-14-6-4-13(11-16)5-7-14/h4-7,12H,2-3,8-10H2,1H3,(H,17,19). The maximum atomic E-state index is 11.8. The van der Waals surface area contributed by atoms with E-state index in [9.17, 15) is 4.79 Å². The summed E-state index contributed by atoms with van der Waals surface area (Å²) in [6.45, 7) is 4.14. The maximum Gasteiger partial charge on any atom is 0.225 e. The highest BCUT2D eigenvalue weighted by Crippen LogP contribution is 2.16. The van der Waals surface area contributed by atoms with Crippen LogP contribution >= 0.6 is 0 Å². The number of benzene rings is 1. The Balaban J connectivity index is 1.79. The summed E-state index contributed by atoms with van der Waals surface area (Å²) in [7, 11) is 0. The normalized spacial score (nSPS) is 19.1. The van der Waals surface area contributed by atoms with Gasteiger partial charge in [-0.25, -0.2) is 0 Å². The van der Waals surface area contributed by atoms with Crippen molar-refractivity contribution in [2.24, 2.45) is 0 Å². The fourth-order valence-electron chi connectivity index (χ4n) is 2.42. The minimum absolute atomic E-state index is 0.0313. The fraction of sp³-hybridized carbons (Fsp3) is 0.467. The van der Waals surface area contributed by atoms with E-state index in [2.05, 4.69) is 23.2 Å². The number of anilines is 1. The monoisotopic (exact) mass is 257 g/mol. The van der Waals surface area contributed by atoms with E-state index >= 15 is 0 Å². The molecule has 4 heteroatoms. The molecule has 1 atom stereocenters. The van der Waals surface area contributed by atoms with Crippen LogP contribution in [0, 0.1) is 11.3 Å². The number of amides is 1. The maximum absolute atomic E-state index is 11.8. The van der Waals surface area contributed by atoms with Crippen LogP contribution in [0.25, 0.3) is 0 Å². The minimum Gasteiger partial charge on any atom is -0.326 e. The van der Waals surface area contributed by atoms with Crippen LogP contribution in [0.3, 0.4) is 0 Å². The number of likely N-dealkylation sites (tertiary alicyclic amines) is 1. The first kappa shape index (κ1) is 13.6. The molecule has 1 aromatic rings. The molecule has 4 nitrogen and oxygen atoms in total. The van der Waals surface area contributed by atoms with Crippen molar-refractivity contribution in [3.8, 4) is 6.07 Å². The molecule has 100 valence electrons. The van der Waals surface area contributed by atoms with E-state index in [1.807, 2.05) is 0 Å². The molecule has 1 fully saturated rings. The summed E-state index contributed by atoms with van der Waals surface area (Å²) in [6, 6.07) is 9.59. The summed E-state index contributed by atoms with van der Waals surface area (Å²) in [5.41, 5.74) is 1.35. The fourth-order valence-corrected chi connectivity index (χ4v) is 2.42. The largest absolute Gasteiger partial charge is 0.326 e. The Morgan fingerprint density at radius 1 is 1.47 bits per heavy atom. The van der Waals surface area contributed by atoms with Crippen LogP contribution in [-0.2, 0) is 4.79 Å². The van der Waals surface area contributed by atoms with Gasteiger partial charge in [-0.2, -0.15) is 5.26 Å². The molecule has 1 heterocycles. The molecule has 1 amide bonds. The highest BCUT2D eigenvalue weighted by molar-refractivity contribution is 5.90. The topological polar surface area (TPSA) is 56.1 Å². The zero-order valence-corrected chi connectivity index (χ0v) is 11.2. The molecule has 0 bridgehead atoms.